The molecule has 0 aromatic carbocycles. The second-order valence-corrected chi connectivity index (χ2v) is 6.10. The van der Waals surface area contributed by atoms with Gasteiger partial charge in [0.1, 0.15) is 5.54 Å². The smallest absolute Gasteiger partial charge is 0.325 e. The van der Waals surface area contributed by atoms with E-state index in [1.165, 1.54) is 4.90 Å². The van der Waals surface area contributed by atoms with Crippen LogP contribution in [0.15, 0.2) is 0 Å². The molecular formula is C14H24N4O3. The first-order chi connectivity index (χ1) is 9.92. The molecular weight excluding hydrogens is 272 g/mol. The Kier molecular flexibility index (Phi) is 4.82. The Balaban J connectivity index is 1.77. The molecule has 2 rings (SSSR count). The van der Waals surface area contributed by atoms with Crippen molar-refractivity contribution in [1.29, 1.82) is 0 Å². The molecule has 0 radical (unpaired) electrons. The number of rotatable bonds is 4. The Morgan fingerprint density at radius 1 is 1.24 bits per heavy atom. The molecule has 0 atom stereocenters. The molecule has 0 saturated carbocycles. The molecule has 0 bridgehead atoms. The molecule has 4 amide bonds. The van der Waals surface area contributed by atoms with E-state index in [1.807, 2.05) is 4.90 Å². The van der Waals surface area contributed by atoms with E-state index in [4.69, 9.17) is 0 Å². The van der Waals surface area contributed by atoms with Gasteiger partial charge in [-0.1, -0.05) is 0 Å². The van der Waals surface area contributed by atoms with Crippen molar-refractivity contribution in [3.63, 3.8) is 0 Å². The first kappa shape index (κ1) is 15.8. The van der Waals surface area contributed by atoms with Gasteiger partial charge >= 0.3 is 6.03 Å². The minimum atomic E-state index is -0.836. The van der Waals surface area contributed by atoms with Crippen molar-refractivity contribution in [3.8, 4) is 0 Å². The van der Waals surface area contributed by atoms with Gasteiger partial charge in [0.25, 0.3) is 5.91 Å². The van der Waals surface area contributed by atoms with Crippen LogP contribution < -0.4 is 10.6 Å². The lowest BCUT2D eigenvalue weighted by atomic mass is 10.1. The highest BCUT2D eigenvalue weighted by Crippen LogP contribution is 2.17. The summed E-state index contributed by atoms with van der Waals surface area (Å²) in [7, 11) is 0. The van der Waals surface area contributed by atoms with Crippen LogP contribution in [0.1, 0.15) is 33.1 Å². The molecule has 7 nitrogen and oxygen atoms in total. The van der Waals surface area contributed by atoms with E-state index in [0.29, 0.717) is 19.4 Å². The number of carbonyl (C=O) groups is 3. The minimum absolute atomic E-state index is 0.102. The van der Waals surface area contributed by atoms with Crippen LogP contribution in [0.2, 0.25) is 0 Å². The van der Waals surface area contributed by atoms with Gasteiger partial charge in [0.05, 0.1) is 0 Å². The van der Waals surface area contributed by atoms with Crippen LogP contribution in [0.5, 0.6) is 0 Å². The lowest BCUT2D eigenvalue weighted by Crippen LogP contribution is -2.40. The molecule has 2 aliphatic rings. The molecule has 2 heterocycles. The average molecular weight is 296 g/mol. The Bertz CT molecular complexity index is 428. The van der Waals surface area contributed by atoms with Crippen molar-refractivity contribution in [2.24, 2.45) is 0 Å². The zero-order valence-electron chi connectivity index (χ0n) is 12.8. The van der Waals surface area contributed by atoms with E-state index in [-0.39, 0.29) is 17.8 Å². The highest BCUT2D eigenvalue weighted by atomic mass is 16.2. The zero-order chi connectivity index (χ0) is 15.5. The summed E-state index contributed by atoms with van der Waals surface area (Å²) in [6, 6.07) is -0.364. The molecule has 7 heteroatoms. The fourth-order valence-corrected chi connectivity index (χ4v) is 2.66. The van der Waals surface area contributed by atoms with E-state index in [9.17, 15) is 14.4 Å². The number of urea groups is 1. The molecule has 2 fully saturated rings. The van der Waals surface area contributed by atoms with Gasteiger partial charge in [-0.15, -0.1) is 0 Å². The van der Waals surface area contributed by atoms with Crippen LogP contribution in [0.3, 0.4) is 0 Å². The predicted molar refractivity (Wildman–Crippen MR) is 77.6 cm³/mol. The molecule has 0 spiro atoms. The van der Waals surface area contributed by atoms with Crippen molar-refractivity contribution < 1.29 is 14.4 Å². The summed E-state index contributed by atoms with van der Waals surface area (Å²) in [5, 5.41) is 5.89. The number of amides is 4. The molecule has 0 aromatic heterocycles. The van der Waals surface area contributed by atoms with Crippen molar-refractivity contribution >= 4 is 17.8 Å². The van der Waals surface area contributed by atoms with Gasteiger partial charge in [-0.25, -0.2) is 4.79 Å². The van der Waals surface area contributed by atoms with Gasteiger partial charge in [-0.2, -0.15) is 0 Å². The minimum Gasteiger partial charge on any atom is -0.341 e. The van der Waals surface area contributed by atoms with Crippen LogP contribution in [0.25, 0.3) is 0 Å². The molecule has 2 saturated heterocycles. The Morgan fingerprint density at radius 2 is 2.00 bits per heavy atom. The van der Waals surface area contributed by atoms with Gasteiger partial charge < -0.3 is 15.5 Å². The summed E-state index contributed by atoms with van der Waals surface area (Å²) in [5.74, 6) is -0.121. The number of imide groups is 1. The van der Waals surface area contributed by atoms with Crippen LogP contribution >= 0.6 is 0 Å². The number of hydrogen-bond donors (Lipinski definition) is 2. The fourth-order valence-electron chi connectivity index (χ4n) is 2.66. The highest BCUT2D eigenvalue weighted by Gasteiger charge is 2.43. The van der Waals surface area contributed by atoms with E-state index >= 15 is 0 Å². The Morgan fingerprint density at radius 3 is 2.67 bits per heavy atom. The Hall–Kier alpha value is -1.63. The van der Waals surface area contributed by atoms with Gasteiger partial charge in [0.2, 0.25) is 5.91 Å². The molecule has 118 valence electrons. The largest absolute Gasteiger partial charge is 0.341 e. The second-order valence-electron chi connectivity index (χ2n) is 6.10. The number of nitrogens with one attached hydrogen (secondary N) is 2. The lowest BCUT2D eigenvalue weighted by molar-refractivity contribution is -0.133. The van der Waals surface area contributed by atoms with E-state index in [2.05, 4.69) is 10.6 Å². The third kappa shape index (κ3) is 3.72. The van der Waals surface area contributed by atoms with Crippen molar-refractivity contribution in [2.75, 3.05) is 32.7 Å². The summed E-state index contributed by atoms with van der Waals surface area (Å²) in [6.07, 6.45) is 1.85. The monoisotopic (exact) mass is 296 g/mol. The van der Waals surface area contributed by atoms with Crippen LogP contribution in [-0.4, -0.2) is 65.9 Å². The van der Waals surface area contributed by atoms with Gasteiger partial charge in [0, 0.05) is 32.6 Å². The van der Waals surface area contributed by atoms with E-state index in [0.717, 1.165) is 32.6 Å². The summed E-state index contributed by atoms with van der Waals surface area (Å²) in [6.45, 7) is 6.95. The molecule has 0 aromatic rings. The van der Waals surface area contributed by atoms with E-state index < -0.39 is 5.54 Å². The van der Waals surface area contributed by atoms with E-state index in [1.54, 1.807) is 13.8 Å². The molecule has 0 unspecified atom stereocenters. The fraction of sp³-hybridized carbons (Fsp3) is 0.786. The second kappa shape index (κ2) is 6.43. The maximum atomic E-state index is 12.1. The van der Waals surface area contributed by atoms with Gasteiger partial charge in [0.15, 0.2) is 0 Å². The van der Waals surface area contributed by atoms with Crippen LogP contribution in [0.4, 0.5) is 4.79 Å². The predicted octanol–water partition coefficient (Wildman–Crippen LogP) is -0.0811. The van der Waals surface area contributed by atoms with Crippen LogP contribution in [-0.2, 0) is 9.59 Å². The maximum Gasteiger partial charge on any atom is 0.325 e. The quantitative estimate of drug-likeness (QED) is 0.711. The molecule has 0 aliphatic carbocycles. The number of carbonyl (C=O) groups excluding carboxylic acids is 3. The number of hydrogen-bond acceptors (Lipinski definition) is 4. The first-order valence-corrected chi connectivity index (χ1v) is 7.54. The molecule has 21 heavy (non-hydrogen) atoms. The summed E-state index contributed by atoms with van der Waals surface area (Å²) >= 11 is 0. The maximum absolute atomic E-state index is 12.1. The third-order valence-electron chi connectivity index (χ3n) is 3.91. The summed E-state index contributed by atoms with van der Waals surface area (Å²) in [5.41, 5.74) is -0.836. The Labute approximate surface area is 125 Å². The standard InChI is InChI=1S/C14H24N4O3/c1-14(2)12(20)18(13(21)16-14)9-3-5-11(19)17-8-4-6-15-7-10-17/h15H,3-10H2,1-2H3,(H,16,21). The van der Waals surface area contributed by atoms with Crippen molar-refractivity contribution in [1.82, 2.24) is 20.4 Å². The summed E-state index contributed by atoms with van der Waals surface area (Å²) < 4.78 is 0. The first-order valence-electron chi connectivity index (χ1n) is 7.54. The molecule has 2 aliphatic heterocycles. The van der Waals surface area contributed by atoms with Crippen molar-refractivity contribution in [2.45, 2.75) is 38.6 Å². The SMILES string of the molecule is CC1(C)NC(=O)N(CCCC(=O)N2CCCNCC2)C1=O. The van der Waals surface area contributed by atoms with Crippen LogP contribution in [0, 0.1) is 0 Å². The highest BCUT2D eigenvalue weighted by molar-refractivity contribution is 6.06. The van der Waals surface area contributed by atoms with Gasteiger partial charge in [-0.3, -0.25) is 14.5 Å². The lowest BCUT2D eigenvalue weighted by Gasteiger charge is -2.20. The topological polar surface area (TPSA) is 81.8 Å². The molecule has 2 N–H and O–H groups in total. The third-order valence-corrected chi connectivity index (χ3v) is 3.91. The zero-order valence-corrected chi connectivity index (χ0v) is 12.8. The normalized spacial score (nSPS) is 22.2. The number of nitrogens with zero attached hydrogens (tertiary/aromatic N) is 2. The summed E-state index contributed by atoms with van der Waals surface area (Å²) in [4.78, 5) is 38.9. The van der Waals surface area contributed by atoms with Crippen molar-refractivity contribution in [3.05, 3.63) is 0 Å². The van der Waals surface area contributed by atoms with Gasteiger partial charge in [-0.05, 0) is 33.2 Å². The average Bonchev–Trinajstić information content (AvgIpc) is 2.66.